The number of aromatic nitrogens is 6. The lowest BCUT2D eigenvalue weighted by Gasteiger charge is -2.13. The van der Waals surface area contributed by atoms with Crippen molar-refractivity contribution in [2.24, 2.45) is 7.05 Å². The molecule has 5 rings (SSSR count). The largest absolute Gasteiger partial charge is 0.490 e. The molecule has 0 aliphatic heterocycles. The minimum absolute atomic E-state index is 0.0975. The lowest BCUT2D eigenvalue weighted by molar-refractivity contribution is -0.192. The third-order valence-electron chi connectivity index (χ3n) is 6.37. The highest BCUT2D eigenvalue weighted by Gasteiger charge is 2.38. The molecule has 1 aliphatic carbocycles. The molecule has 0 atom stereocenters. The van der Waals surface area contributed by atoms with Crippen molar-refractivity contribution in [3.63, 3.8) is 0 Å². The van der Waals surface area contributed by atoms with Crippen molar-refractivity contribution >= 4 is 47.0 Å². The number of carboxylic acid groups (broad SMARTS) is 1. The molecule has 3 heterocycles. The van der Waals surface area contributed by atoms with Gasteiger partial charge in [-0.2, -0.15) is 18.3 Å². The molecule has 3 N–H and O–H groups in total. The number of aryl methyl sites for hydroxylation is 2. The second-order valence-corrected chi connectivity index (χ2v) is 10.9. The molecular formula is C28H31F3N8O3. The van der Waals surface area contributed by atoms with E-state index >= 15 is 0 Å². The van der Waals surface area contributed by atoms with Crippen LogP contribution >= 0.6 is 0 Å². The average molecular weight is 585 g/mol. The number of halogens is 3. The summed E-state index contributed by atoms with van der Waals surface area (Å²) in [5.41, 5.74) is 4.88. The zero-order chi connectivity index (χ0) is 30.8. The number of benzene rings is 1. The topological polar surface area (TPSA) is 140 Å². The van der Waals surface area contributed by atoms with Crippen molar-refractivity contribution in [1.82, 2.24) is 29.3 Å². The number of rotatable bonds is 6. The number of amides is 1. The first-order valence-corrected chi connectivity index (χ1v) is 13.0. The smallest absolute Gasteiger partial charge is 0.475 e. The maximum Gasteiger partial charge on any atom is 0.490 e. The Morgan fingerprint density at radius 2 is 1.79 bits per heavy atom. The van der Waals surface area contributed by atoms with Gasteiger partial charge in [-0.15, -0.1) is 0 Å². The number of fused-ring (bicyclic) bond motifs is 1. The van der Waals surface area contributed by atoms with E-state index < -0.39 is 12.1 Å². The number of carbonyl (C=O) groups is 2. The Morgan fingerprint density at radius 1 is 1.10 bits per heavy atom. The monoisotopic (exact) mass is 584 g/mol. The number of aliphatic carboxylic acids is 1. The van der Waals surface area contributed by atoms with Crippen LogP contribution < -0.4 is 10.6 Å². The number of alkyl halides is 3. The Balaban J connectivity index is 0.000000517. The summed E-state index contributed by atoms with van der Waals surface area (Å²) in [7, 11) is 1.83. The van der Waals surface area contributed by atoms with Crippen molar-refractivity contribution in [2.45, 2.75) is 58.2 Å². The molecule has 14 heteroatoms. The minimum Gasteiger partial charge on any atom is -0.475 e. The Morgan fingerprint density at radius 3 is 2.38 bits per heavy atom. The Labute approximate surface area is 239 Å². The fraction of sp³-hybridized carbons (Fsp3) is 0.357. The van der Waals surface area contributed by atoms with Gasteiger partial charge in [0.1, 0.15) is 18.5 Å². The SMILES string of the molecule is Cc1ccc(C(=O)Nc2cc(C(C)(C)C)nn2C)cc1/C=C/n1cnc2c(NC3CC3)ncnc21.O=C(O)C(F)(F)F. The highest BCUT2D eigenvalue weighted by Crippen LogP contribution is 2.27. The maximum atomic E-state index is 13.0. The van der Waals surface area contributed by atoms with E-state index in [-0.39, 0.29) is 11.3 Å². The van der Waals surface area contributed by atoms with Crippen LogP contribution in [-0.2, 0) is 17.3 Å². The molecule has 0 bridgehead atoms. The van der Waals surface area contributed by atoms with Gasteiger partial charge in [-0.3, -0.25) is 14.0 Å². The van der Waals surface area contributed by atoms with Crippen LogP contribution in [0, 0.1) is 6.92 Å². The number of nitrogens with zero attached hydrogens (tertiary/aromatic N) is 6. The van der Waals surface area contributed by atoms with Gasteiger partial charge in [0.05, 0.1) is 5.69 Å². The summed E-state index contributed by atoms with van der Waals surface area (Å²) >= 11 is 0. The van der Waals surface area contributed by atoms with Gasteiger partial charge < -0.3 is 15.7 Å². The molecule has 42 heavy (non-hydrogen) atoms. The summed E-state index contributed by atoms with van der Waals surface area (Å²) in [6.45, 7) is 8.31. The zero-order valence-corrected chi connectivity index (χ0v) is 23.7. The molecule has 1 saturated carbocycles. The summed E-state index contributed by atoms with van der Waals surface area (Å²) in [5.74, 6) is -1.51. The quantitative estimate of drug-likeness (QED) is 0.279. The molecule has 3 aromatic heterocycles. The number of hydrogen-bond donors (Lipinski definition) is 3. The van der Waals surface area contributed by atoms with Crippen LogP contribution in [0.2, 0.25) is 0 Å². The lowest BCUT2D eigenvalue weighted by atomic mass is 9.92. The first-order chi connectivity index (χ1) is 19.6. The zero-order valence-electron chi connectivity index (χ0n) is 23.7. The van der Waals surface area contributed by atoms with E-state index in [1.165, 1.54) is 0 Å². The minimum atomic E-state index is -5.08. The summed E-state index contributed by atoms with van der Waals surface area (Å²) in [6.07, 6.45) is 4.39. The van der Waals surface area contributed by atoms with Gasteiger partial charge in [-0.25, -0.2) is 19.7 Å². The van der Waals surface area contributed by atoms with Crippen molar-refractivity contribution < 1.29 is 27.9 Å². The van der Waals surface area contributed by atoms with Crippen LogP contribution in [0.15, 0.2) is 36.9 Å². The number of anilines is 2. The normalized spacial score (nSPS) is 13.6. The van der Waals surface area contributed by atoms with Crippen LogP contribution in [0.4, 0.5) is 24.8 Å². The molecule has 0 unspecified atom stereocenters. The summed E-state index contributed by atoms with van der Waals surface area (Å²) < 4.78 is 35.3. The van der Waals surface area contributed by atoms with Crippen molar-refractivity contribution in [1.29, 1.82) is 0 Å². The first kappa shape index (κ1) is 30.2. The average Bonchev–Trinajstić information content (AvgIpc) is 3.49. The molecule has 222 valence electrons. The predicted molar refractivity (Wildman–Crippen MR) is 152 cm³/mol. The second-order valence-electron chi connectivity index (χ2n) is 10.9. The van der Waals surface area contributed by atoms with E-state index in [1.807, 2.05) is 55.1 Å². The van der Waals surface area contributed by atoms with Gasteiger partial charge in [0.15, 0.2) is 17.0 Å². The van der Waals surface area contributed by atoms with E-state index in [1.54, 1.807) is 17.3 Å². The van der Waals surface area contributed by atoms with E-state index in [9.17, 15) is 18.0 Å². The highest BCUT2D eigenvalue weighted by molar-refractivity contribution is 6.04. The standard InChI is InChI=1S/C26H30N8O.C2HF3O2/c1-16-6-7-18(25(35)31-21-13-20(26(2,3)4)32-33(21)5)12-17(16)10-11-34-15-29-22-23(30-19-8-9-19)27-14-28-24(22)34;3-2(4,5)1(6)7/h6-7,10-15,19H,8-9H2,1-5H3,(H,31,35)(H,27,28,30);(H,6,7)/b11-10+;. The summed E-state index contributed by atoms with van der Waals surface area (Å²) in [4.78, 5) is 35.2. The Kier molecular flexibility index (Phi) is 8.36. The molecule has 11 nitrogen and oxygen atoms in total. The van der Waals surface area contributed by atoms with E-state index in [0.717, 1.165) is 46.6 Å². The Hall–Kier alpha value is -4.75. The number of carbonyl (C=O) groups excluding carboxylic acids is 1. The first-order valence-electron chi connectivity index (χ1n) is 13.0. The maximum absolute atomic E-state index is 13.0. The predicted octanol–water partition coefficient (Wildman–Crippen LogP) is 5.25. The third kappa shape index (κ3) is 7.30. The van der Waals surface area contributed by atoms with Crippen LogP contribution in [0.1, 0.15) is 60.8 Å². The second kappa shape index (κ2) is 11.6. The molecule has 1 fully saturated rings. The fourth-order valence-corrected chi connectivity index (χ4v) is 3.75. The van der Waals surface area contributed by atoms with Crippen LogP contribution in [0.5, 0.6) is 0 Å². The van der Waals surface area contributed by atoms with Gasteiger partial charge in [0.2, 0.25) is 0 Å². The van der Waals surface area contributed by atoms with Gasteiger partial charge in [-0.05, 0) is 49.1 Å². The van der Waals surface area contributed by atoms with Crippen LogP contribution in [0.3, 0.4) is 0 Å². The number of imidazole rings is 1. The fourth-order valence-electron chi connectivity index (χ4n) is 3.75. The molecule has 1 aromatic carbocycles. The van der Waals surface area contributed by atoms with E-state index in [0.29, 0.717) is 17.4 Å². The third-order valence-corrected chi connectivity index (χ3v) is 6.37. The van der Waals surface area contributed by atoms with Gasteiger partial charge in [0.25, 0.3) is 5.91 Å². The summed E-state index contributed by atoms with van der Waals surface area (Å²) in [5, 5.41) is 18.1. The molecule has 0 radical (unpaired) electrons. The molecule has 1 aliphatic rings. The van der Waals surface area contributed by atoms with Crippen molar-refractivity contribution in [3.8, 4) is 0 Å². The van der Waals surface area contributed by atoms with E-state index in [4.69, 9.17) is 9.90 Å². The van der Waals surface area contributed by atoms with Crippen LogP contribution in [0.25, 0.3) is 23.4 Å². The van der Waals surface area contributed by atoms with Gasteiger partial charge >= 0.3 is 12.1 Å². The van der Waals surface area contributed by atoms with Crippen molar-refractivity contribution in [3.05, 3.63) is 59.3 Å². The molecule has 4 aromatic rings. The molecule has 1 amide bonds. The van der Waals surface area contributed by atoms with Gasteiger partial charge in [0, 0.05) is 36.3 Å². The molecule has 0 saturated heterocycles. The molecule has 0 spiro atoms. The lowest BCUT2D eigenvalue weighted by Crippen LogP contribution is -2.21. The Bertz CT molecular complexity index is 1650. The highest BCUT2D eigenvalue weighted by atomic mass is 19.4. The van der Waals surface area contributed by atoms with Crippen molar-refractivity contribution in [2.75, 3.05) is 10.6 Å². The molecular weight excluding hydrogens is 553 g/mol. The van der Waals surface area contributed by atoms with Gasteiger partial charge in [-0.1, -0.05) is 26.8 Å². The number of hydrogen-bond acceptors (Lipinski definition) is 7. The van der Waals surface area contributed by atoms with Crippen LogP contribution in [-0.4, -0.2) is 58.5 Å². The number of nitrogens with one attached hydrogen (secondary N) is 2. The number of carboxylic acids is 1. The van der Waals surface area contributed by atoms with E-state index in [2.05, 4.69) is 51.5 Å². The summed E-state index contributed by atoms with van der Waals surface area (Å²) in [6, 6.07) is 8.07.